The molecule has 1 saturated heterocycles. The van der Waals surface area contributed by atoms with Crippen molar-refractivity contribution >= 4 is 5.91 Å². The molecular formula is C13H24N2O2. The molecule has 2 fully saturated rings. The number of likely N-dealkylation sites (N-methyl/N-ethyl adjacent to an activating group) is 1. The third-order valence-corrected chi connectivity index (χ3v) is 4.33. The zero-order valence-corrected chi connectivity index (χ0v) is 10.7. The van der Waals surface area contributed by atoms with Crippen molar-refractivity contribution in [2.24, 2.45) is 5.92 Å². The first kappa shape index (κ1) is 12.8. The van der Waals surface area contributed by atoms with E-state index in [9.17, 15) is 9.90 Å². The summed E-state index contributed by atoms with van der Waals surface area (Å²) in [5.41, 5.74) is 0. The van der Waals surface area contributed by atoms with Gasteiger partial charge in [-0.25, -0.2) is 0 Å². The van der Waals surface area contributed by atoms with Crippen LogP contribution < -0.4 is 5.32 Å². The second-order valence-corrected chi connectivity index (χ2v) is 5.31. The number of aliphatic hydroxyl groups excluding tert-OH is 1. The van der Waals surface area contributed by atoms with Crippen LogP contribution in [0.3, 0.4) is 0 Å². The normalized spacial score (nSPS) is 35.1. The number of rotatable bonds is 3. The zero-order valence-electron chi connectivity index (χ0n) is 10.7. The van der Waals surface area contributed by atoms with Crippen LogP contribution >= 0.6 is 0 Å². The predicted octanol–water partition coefficient (Wildman–Crippen LogP) is 0.748. The van der Waals surface area contributed by atoms with E-state index in [1.807, 2.05) is 11.9 Å². The molecule has 2 aliphatic rings. The smallest absolute Gasteiger partial charge is 0.239 e. The molecule has 1 saturated carbocycles. The molecule has 1 aliphatic carbocycles. The number of amides is 1. The van der Waals surface area contributed by atoms with Crippen LogP contribution in [0.25, 0.3) is 0 Å². The maximum absolute atomic E-state index is 12.3. The maximum Gasteiger partial charge on any atom is 0.239 e. The summed E-state index contributed by atoms with van der Waals surface area (Å²) in [6.07, 6.45) is 6.53. The number of carbonyl (C=O) groups excluding carboxylic acids is 1. The molecule has 0 bridgehead atoms. The lowest BCUT2D eigenvalue weighted by Crippen LogP contribution is -2.56. The van der Waals surface area contributed by atoms with Gasteiger partial charge in [-0.05, 0) is 32.7 Å². The average molecular weight is 240 g/mol. The van der Waals surface area contributed by atoms with Crippen molar-refractivity contribution in [1.29, 1.82) is 0 Å². The molecule has 0 aromatic carbocycles. The van der Waals surface area contributed by atoms with Crippen molar-refractivity contribution in [2.75, 3.05) is 20.2 Å². The van der Waals surface area contributed by atoms with Crippen LogP contribution in [-0.4, -0.2) is 48.2 Å². The molecule has 2 N–H and O–H groups in total. The summed E-state index contributed by atoms with van der Waals surface area (Å²) < 4.78 is 0. The van der Waals surface area contributed by atoms with E-state index < -0.39 is 0 Å². The Labute approximate surface area is 103 Å². The van der Waals surface area contributed by atoms with Gasteiger partial charge in [-0.1, -0.05) is 12.8 Å². The highest BCUT2D eigenvalue weighted by Gasteiger charge is 2.36. The summed E-state index contributed by atoms with van der Waals surface area (Å²) in [5.74, 6) is 0.535. The van der Waals surface area contributed by atoms with Gasteiger partial charge in [-0.15, -0.1) is 0 Å². The van der Waals surface area contributed by atoms with Gasteiger partial charge in [0, 0.05) is 25.1 Å². The standard InChI is InChI=1S/C13H24N2O2/c1-14-11-6-4-8-15(13(11)17)12-7-3-2-5-10(12)9-16/h10-12,14,16H,2-9H2,1H3. The molecule has 17 heavy (non-hydrogen) atoms. The van der Waals surface area contributed by atoms with Crippen molar-refractivity contribution in [3.8, 4) is 0 Å². The number of carbonyl (C=O) groups is 1. The van der Waals surface area contributed by atoms with E-state index >= 15 is 0 Å². The molecule has 0 aromatic heterocycles. The van der Waals surface area contributed by atoms with E-state index in [1.54, 1.807) is 0 Å². The number of aliphatic hydroxyl groups is 1. The van der Waals surface area contributed by atoms with Gasteiger partial charge >= 0.3 is 0 Å². The minimum atomic E-state index is -0.00924. The molecule has 4 heteroatoms. The molecule has 0 radical (unpaired) electrons. The highest BCUT2D eigenvalue weighted by Crippen LogP contribution is 2.30. The molecule has 2 rings (SSSR count). The van der Waals surface area contributed by atoms with Crippen LogP contribution in [0, 0.1) is 5.92 Å². The fraction of sp³-hybridized carbons (Fsp3) is 0.923. The van der Waals surface area contributed by atoms with Gasteiger partial charge in [0.15, 0.2) is 0 Å². The molecule has 0 aromatic rings. The fourth-order valence-electron chi connectivity index (χ4n) is 3.31. The monoisotopic (exact) mass is 240 g/mol. The Hall–Kier alpha value is -0.610. The van der Waals surface area contributed by atoms with Gasteiger partial charge in [-0.3, -0.25) is 4.79 Å². The fourth-order valence-corrected chi connectivity index (χ4v) is 3.31. The van der Waals surface area contributed by atoms with Crippen molar-refractivity contribution in [3.63, 3.8) is 0 Å². The maximum atomic E-state index is 12.3. The second kappa shape index (κ2) is 5.83. The third kappa shape index (κ3) is 2.63. The summed E-state index contributed by atoms with van der Waals surface area (Å²) in [4.78, 5) is 14.3. The van der Waals surface area contributed by atoms with E-state index in [-0.39, 0.29) is 24.6 Å². The molecule has 3 unspecified atom stereocenters. The highest BCUT2D eigenvalue weighted by molar-refractivity contribution is 5.82. The van der Waals surface area contributed by atoms with Gasteiger partial charge in [0.2, 0.25) is 5.91 Å². The molecule has 1 heterocycles. The van der Waals surface area contributed by atoms with Gasteiger partial charge < -0.3 is 15.3 Å². The Bertz CT molecular complexity index is 270. The summed E-state index contributed by atoms with van der Waals surface area (Å²) in [6, 6.07) is 0.266. The molecule has 1 amide bonds. The number of hydrogen-bond donors (Lipinski definition) is 2. The number of piperidine rings is 1. The first-order chi connectivity index (χ1) is 8.27. The molecule has 3 atom stereocenters. The van der Waals surface area contributed by atoms with E-state index in [0.29, 0.717) is 5.92 Å². The number of hydrogen-bond acceptors (Lipinski definition) is 3. The van der Waals surface area contributed by atoms with Crippen LogP contribution in [-0.2, 0) is 4.79 Å². The SMILES string of the molecule is CNC1CCCN(C2CCCCC2CO)C1=O. The molecule has 0 spiro atoms. The number of likely N-dealkylation sites (tertiary alicyclic amines) is 1. The van der Waals surface area contributed by atoms with Crippen LogP contribution in [0.15, 0.2) is 0 Å². The largest absolute Gasteiger partial charge is 0.396 e. The van der Waals surface area contributed by atoms with E-state index in [0.717, 1.165) is 32.2 Å². The molecule has 1 aliphatic heterocycles. The Morgan fingerprint density at radius 1 is 1.29 bits per heavy atom. The first-order valence-corrected chi connectivity index (χ1v) is 6.86. The van der Waals surface area contributed by atoms with Gasteiger partial charge in [0.05, 0.1) is 6.04 Å². The lowest BCUT2D eigenvalue weighted by molar-refractivity contribution is -0.141. The Morgan fingerprint density at radius 2 is 2.06 bits per heavy atom. The topological polar surface area (TPSA) is 52.6 Å². The quantitative estimate of drug-likeness (QED) is 0.765. The minimum Gasteiger partial charge on any atom is -0.396 e. The first-order valence-electron chi connectivity index (χ1n) is 6.86. The summed E-state index contributed by atoms with van der Waals surface area (Å²) in [7, 11) is 1.86. The zero-order chi connectivity index (χ0) is 12.3. The summed E-state index contributed by atoms with van der Waals surface area (Å²) in [6.45, 7) is 1.09. The average Bonchev–Trinajstić information content (AvgIpc) is 2.39. The second-order valence-electron chi connectivity index (χ2n) is 5.31. The highest BCUT2D eigenvalue weighted by atomic mass is 16.3. The van der Waals surface area contributed by atoms with E-state index in [4.69, 9.17) is 0 Å². The van der Waals surface area contributed by atoms with Gasteiger partial charge in [0.25, 0.3) is 0 Å². The third-order valence-electron chi connectivity index (χ3n) is 4.33. The van der Waals surface area contributed by atoms with Crippen LogP contribution in [0.2, 0.25) is 0 Å². The molecule has 4 nitrogen and oxygen atoms in total. The van der Waals surface area contributed by atoms with Crippen molar-refractivity contribution < 1.29 is 9.90 Å². The van der Waals surface area contributed by atoms with Crippen molar-refractivity contribution in [3.05, 3.63) is 0 Å². The Morgan fingerprint density at radius 3 is 2.76 bits per heavy atom. The Balaban J connectivity index is 2.06. The Kier molecular flexibility index (Phi) is 4.40. The van der Waals surface area contributed by atoms with Crippen LogP contribution in [0.5, 0.6) is 0 Å². The molecule has 98 valence electrons. The number of nitrogens with one attached hydrogen (secondary N) is 1. The summed E-state index contributed by atoms with van der Waals surface area (Å²) >= 11 is 0. The lowest BCUT2D eigenvalue weighted by Gasteiger charge is -2.43. The van der Waals surface area contributed by atoms with Gasteiger partial charge in [0.1, 0.15) is 0 Å². The number of nitrogens with zero attached hydrogens (tertiary/aromatic N) is 1. The lowest BCUT2D eigenvalue weighted by atomic mass is 9.83. The van der Waals surface area contributed by atoms with Crippen LogP contribution in [0.4, 0.5) is 0 Å². The van der Waals surface area contributed by atoms with E-state index in [2.05, 4.69) is 5.32 Å². The van der Waals surface area contributed by atoms with E-state index in [1.165, 1.54) is 12.8 Å². The summed E-state index contributed by atoms with van der Waals surface area (Å²) in [5, 5.41) is 12.5. The van der Waals surface area contributed by atoms with Gasteiger partial charge in [-0.2, -0.15) is 0 Å². The van der Waals surface area contributed by atoms with Crippen molar-refractivity contribution in [1.82, 2.24) is 10.2 Å². The van der Waals surface area contributed by atoms with Crippen molar-refractivity contribution in [2.45, 2.75) is 50.6 Å². The minimum absolute atomic E-state index is 0.00924. The van der Waals surface area contributed by atoms with Crippen LogP contribution in [0.1, 0.15) is 38.5 Å². The molecular weight excluding hydrogens is 216 g/mol. The predicted molar refractivity (Wildman–Crippen MR) is 66.6 cm³/mol.